The lowest BCUT2D eigenvalue weighted by molar-refractivity contribution is 0.171. The molecule has 0 amide bonds. The third-order valence-corrected chi connectivity index (χ3v) is 6.04. The second-order valence-electron chi connectivity index (χ2n) is 6.40. The first kappa shape index (κ1) is 18.0. The maximum absolute atomic E-state index is 12.8. The van der Waals surface area contributed by atoms with Gasteiger partial charge < -0.3 is 9.15 Å². The van der Waals surface area contributed by atoms with Crippen LogP contribution in [0.25, 0.3) is 0 Å². The van der Waals surface area contributed by atoms with E-state index in [1.807, 2.05) is 26.0 Å². The van der Waals surface area contributed by atoms with E-state index >= 15 is 0 Å². The van der Waals surface area contributed by atoms with Crippen LogP contribution in [0.3, 0.4) is 0 Å². The Labute approximate surface area is 149 Å². The Morgan fingerprint density at radius 1 is 1.08 bits per heavy atom. The Bertz CT molecular complexity index is 762. The highest BCUT2D eigenvalue weighted by molar-refractivity contribution is 7.89. The van der Waals surface area contributed by atoms with E-state index in [0.29, 0.717) is 43.4 Å². The molecule has 1 aliphatic rings. The highest BCUT2D eigenvalue weighted by Gasteiger charge is 2.28. The highest BCUT2D eigenvalue weighted by atomic mass is 32.2. The number of ether oxygens (including phenoxy) is 1. The number of furan rings is 1. The number of benzene rings is 1. The molecule has 0 N–H and O–H groups in total. The quantitative estimate of drug-likeness (QED) is 0.788. The Morgan fingerprint density at radius 3 is 2.32 bits per heavy atom. The van der Waals surface area contributed by atoms with Gasteiger partial charge in [-0.05, 0) is 50.2 Å². The first-order valence-corrected chi connectivity index (χ1v) is 9.91. The van der Waals surface area contributed by atoms with Gasteiger partial charge in [-0.2, -0.15) is 4.31 Å². The third-order valence-electron chi connectivity index (χ3n) is 4.12. The van der Waals surface area contributed by atoms with Gasteiger partial charge >= 0.3 is 0 Å². The summed E-state index contributed by atoms with van der Waals surface area (Å²) in [6, 6.07) is 10.4. The van der Waals surface area contributed by atoms with Crippen molar-refractivity contribution in [3.63, 3.8) is 0 Å². The summed E-state index contributed by atoms with van der Waals surface area (Å²) in [6.07, 6.45) is 1.72. The van der Waals surface area contributed by atoms with E-state index in [4.69, 9.17) is 9.15 Å². The van der Waals surface area contributed by atoms with Gasteiger partial charge in [0, 0.05) is 26.2 Å². The lowest BCUT2D eigenvalue weighted by Gasteiger charge is -2.33. The molecule has 2 heterocycles. The molecule has 0 saturated carbocycles. The molecule has 1 saturated heterocycles. The van der Waals surface area contributed by atoms with Crippen molar-refractivity contribution in [1.29, 1.82) is 0 Å². The smallest absolute Gasteiger partial charge is 0.243 e. The fourth-order valence-corrected chi connectivity index (χ4v) is 4.28. The Morgan fingerprint density at radius 2 is 1.76 bits per heavy atom. The average Bonchev–Trinajstić information content (AvgIpc) is 3.08. The van der Waals surface area contributed by atoms with E-state index in [0.717, 1.165) is 5.76 Å². The molecule has 1 fully saturated rings. The SMILES string of the molecule is CC(C)Oc1ccc(S(=O)(=O)N2CCN(Cc3ccco3)CC2)cc1. The zero-order valence-corrected chi connectivity index (χ0v) is 15.4. The molecule has 25 heavy (non-hydrogen) atoms. The molecule has 3 rings (SSSR count). The summed E-state index contributed by atoms with van der Waals surface area (Å²) in [5.74, 6) is 1.58. The topological polar surface area (TPSA) is 63.0 Å². The van der Waals surface area contributed by atoms with Crippen LogP contribution in [0.4, 0.5) is 0 Å². The van der Waals surface area contributed by atoms with Gasteiger partial charge in [-0.3, -0.25) is 4.90 Å². The highest BCUT2D eigenvalue weighted by Crippen LogP contribution is 2.22. The van der Waals surface area contributed by atoms with Gasteiger partial charge in [-0.1, -0.05) is 0 Å². The molecule has 2 aromatic rings. The van der Waals surface area contributed by atoms with E-state index in [9.17, 15) is 8.42 Å². The van der Waals surface area contributed by atoms with Gasteiger partial charge in [0.1, 0.15) is 11.5 Å². The lowest BCUT2D eigenvalue weighted by atomic mass is 10.3. The molecule has 0 unspecified atom stereocenters. The van der Waals surface area contributed by atoms with Gasteiger partial charge in [0.05, 0.1) is 23.8 Å². The Balaban J connectivity index is 1.61. The maximum Gasteiger partial charge on any atom is 0.243 e. The average molecular weight is 364 g/mol. The largest absolute Gasteiger partial charge is 0.491 e. The van der Waals surface area contributed by atoms with Crippen molar-refractivity contribution in [2.24, 2.45) is 0 Å². The van der Waals surface area contributed by atoms with E-state index in [2.05, 4.69) is 4.90 Å². The molecule has 7 heteroatoms. The molecular formula is C18H24N2O4S. The monoisotopic (exact) mass is 364 g/mol. The zero-order valence-electron chi connectivity index (χ0n) is 14.6. The summed E-state index contributed by atoms with van der Waals surface area (Å²) < 4.78 is 38.1. The van der Waals surface area contributed by atoms with Crippen LogP contribution >= 0.6 is 0 Å². The number of rotatable bonds is 6. The van der Waals surface area contributed by atoms with Gasteiger partial charge in [-0.25, -0.2) is 8.42 Å². The van der Waals surface area contributed by atoms with Crippen molar-refractivity contribution in [2.75, 3.05) is 26.2 Å². The molecule has 6 nitrogen and oxygen atoms in total. The molecule has 0 radical (unpaired) electrons. The summed E-state index contributed by atoms with van der Waals surface area (Å²) >= 11 is 0. The Kier molecular flexibility index (Phi) is 5.46. The van der Waals surface area contributed by atoms with Crippen LogP contribution in [0.1, 0.15) is 19.6 Å². The molecule has 1 aromatic heterocycles. The Hall–Kier alpha value is -1.83. The van der Waals surface area contributed by atoms with Crippen LogP contribution in [0, 0.1) is 0 Å². The van der Waals surface area contributed by atoms with Gasteiger partial charge in [0.2, 0.25) is 10.0 Å². The van der Waals surface area contributed by atoms with Crippen molar-refractivity contribution in [2.45, 2.75) is 31.4 Å². The number of hydrogen-bond acceptors (Lipinski definition) is 5. The van der Waals surface area contributed by atoms with Crippen molar-refractivity contribution < 1.29 is 17.6 Å². The second-order valence-corrected chi connectivity index (χ2v) is 8.34. The predicted octanol–water partition coefficient (Wildman–Crippen LogP) is 2.57. The van der Waals surface area contributed by atoms with Crippen molar-refractivity contribution in [3.05, 3.63) is 48.4 Å². The first-order chi connectivity index (χ1) is 11.9. The molecule has 136 valence electrons. The fraction of sp³-hybridized carbons (Fsp3) is 0.444. The number of sulfonamides is 1. The van der Waals surface area contributed by atoms with E-state index in [1.165, 1.54) is 0 Å². The van der Waals surface area contributed by atoms with Crippen LogP contribution in [0.2, 0.25) is 0 Å². The molecule has 0 atom stereocenters. The summed E-state index contributed by atoms with van der Waals surface area (Å²) in [4.78, 5) is 2.51. The third kappa shape index (κ3) is 4.42. The summed E-state index contributed by atoms with van der Waals surface area (Å²) in [6.45, 7) is 6.92. The van der Waals surface area contributed by atoms with Crippen LogP contribution in [-0.4, -0.2) is 49.9 Å². The molecule has 0 spiro atoms. The minimum Gasteiger partial charge on any atom is -0.491 e. The van der Waals surface area contributed by atoms with Crippen LogP contribution in [-0.2, 0) is 16.6 Å². The molecule has 0 bridgehead atoms. The first-order valence-electron chi connectivity index (χ1n) is 8.47. The van der Waals surface area contributed by atoms with Crippen molar-refractivity contribution in [3.8, 4) is 5.75 Å². The van der Waals surface area contributed by atoms with Crippen molar-refractivity contribution >= 4 is 10.0 Å². The minimum absolute atomic E-state index is 0.0599. The van der Waals surface area contributed by atoms with E-state index in [1.54, 1.807) is 34.8 Å². The zero-order chi connectivity index (χ0) is 17.9. The minimum atomic E-state index is -3.47. The standard InChI is InChI=1S/C18H24N2O4S/c1-15(2)24-16-5-7-18(8-6-16)25(21,22)20-11-9-19(10-12-20)14-17-4-3-13-23-17/h3-8,13,15H,9-12,14H2,1-2H3. The number of piperazine rings is 1. The van der Waals surface area contributed by atoms with E-state index < -0.39 is 10.0 Å². The second kappa shape index (κ2) is 7.59. The normalized spacial score (nSPS) is 17.1. The van der Waals surface area contributed by atoms with Crippen LogP contribution < -0.4 is 4.74 Å². The number of hydrogen-bond donors (Lipinski definition) is 0. The molecule has 1 aliphatic heterocycles. The number of nitrogens with zero attached hydrogens (tertiary/aromatic N) is 2. The van der Waals surface area contributed by atoms with Crippen LogP contribution in [0.5, 0.6) is 5.75 Å². The lowest BCUT2D eigenvalue weighted by Crippen LogP contribution is -2.48. The van der Waals surface area contributed by atoms with Crippen LogP contribution in [0.15, 0.2) is 52.0 Å². The maximum atomic E-state index is 12.8. The van der Waals surface area contributed by atoms with Gasteiger partial charge in [-0.15, -0.1) is 0 Å². The predicted molar refractivity (Wildman–Crippen MR) is 94.9 cm³/mol. The summed E-state index contributed by atoms with van der Waals surface area (Å²) in [5, 5.41) is 0. The van der Waals surface area contributed by atoms with Crippen molar-refractivity contribution in [1.82, 2.24) is 9.21 Å². The molecular weight excluding hydrogens is 340 g/mol. The molecule has 0 aliphatic carbocycles. The van der Waals surface area contributed by atoms with E-state index in [-0.39, 0.29) is 6.10 Å². The summed E-state index contributed by atoms with van der Waals surface area (Å²) in [7, 11) is -3.47. The molecule has 1 aromatic carbocycles. The summed E-state index contributed by atoms with van der Waals surface area (Å²) in [5.41, 5.74) is 0. The van der Waals surface area contributed by atoms with Gasteiger partial charge in [0.25, 0.3) is 0 Å². The van der Waals surface area contributed by atoms with Gasteiger partial charge in [0.15, 0.2) is 0 Å². The fourth-order valence-electron chi connectivity index (χ4n) is 2.86.